The van der Waals surface area contributed by atoms with Crippen molar-refractivity contribution in [3.05, 3.63) is 70.8 Å². The Hall–Kier alpha value is -2.59. The van der Waals surface area contributed by atoms with E-state index < -0.39 is 41.5 Å². The van der Waals surface area contributed by atoms with Crippen molar-refractivity contribution < 1.29 is 41.0 Å². The molecule has 2 aromatic rings. The minimum atomic E-state index is -4.52. The normalized spacial score (nSPS) is 18.0. The first-order chi connectivity index (χ1) is 15.4. The number of carboxylic acid groups (broad SMARTS) is 1. The molecule has 1 saturated heterocycles. The van der Waals surface area contributed by atoms with Gasteiger partial charge in [-0.25, -0.2) is 0 Å². The second-order valence-corrected chi connectivity index (χ2v) is 7.97. The Bertz CT molecular complexity index is 868. The number of likely N-dealkylation sites (tertiary alicyclic amines) is 1. The monoisotopic (exact) mass is 475 g/mol. The van der Waals surface area contributed by atoms with Gasteiger partial charge >= 0.3 is 18.3 Å². The third-order valence-corrected chi connectivity index (χ3v) is 5.63. The average molecular weight is 475 g/mol. The molecule has 2 aromatic carbocycles. The molecule has 1 N–H and O–H groups in total. The van der Waals surface area contributed by atoms with Crippen molar-refractivity contribution in [2.45, 2.75) is 31.3 Å². The smallest absolute Gasteiger partial charge is 0.416 e. The van der Waals surface area contributed by atoms with E-state index in [1.165, 1.54) is 24.3 Å². The maximum atomic E-state index is 12.9. The summed E-state index contributed by atoms with van der Waals surface area (Å²) in [4.78, 5) is 13.2. The molecule has 0 bridgehead atoms. The van der Waals surface area contributed by atoms with Crippen LogP contribution < -0.4 is 0 Å². The lowest BCUT2D eigenvalue weighted by atomic mass is 9.98. The van der Waals surface area contributed by atoms with E-state index in [1.807, 2.05) is 4.90 Å². The fraction of sp³-hybridized carbons (Fsp3) is 0.435. The van der Waals surface area contributed by atoms with E-state index in [-0.39, 0.29) is 6.61 Å². The number of benzene rings is 2. The van der Waals surface area contributed by atoms with Gasteiger partial charge in [-0.05, 0) is 54.8 Å². The van der Waals surface area contributed by atoms with E-state index in [1.54, 1.807) is 0 Å². The molecule has 0 radical (unpaired) electrons. The molecule has 0 saturated carbocycles. The Morgan fingerprint density at radius 3 is 1.85 bits per heavy atom. The van der Waals surface area contributed by atoms with Crippen LogP contribution in [0.15, 0.2) is 48.5 Å². The molecular formula is C23H23F6NO3. The number of piperidine rings is 1. The zero-order chi connectivity index (χ0) is 24.2. The molecule has 1 fully saturated rings. The highest BCUT2D eigenvalue weighted by molar-refractivity contribution is 5.70. The lowest BCUT2D eigenvalue weighted by Gasteiger charge is -2.31. The molecule has 1 aliphatic rings. The molecule has 3 rings (SSSR count). The van der Waals surface area contributed by atoms with Gasteiger partial charge in [0.1, 0.15) is 6.10 Å². The van der Waals surface area contributed by atoms with Gasteiger partial charge in [-0.15, -0.1) is 0 Å². The van der Waals surface area contributed by atoms with Crippen LogP contribution in [0.25, 0.3) is 0 Å². The minimum Gasteiger partial charge on any atom is -0.481 e. The summed E-state index contributed by atoms with van der Waals surface area (Å²) in [6, 6.07) is 8.57. The van der Waals surface area contributed by atoms with Gasteiger partial charge in [-0.2, -0.15) is 26.3 Å². The summed E-state index contributed by atoms with van der Waals surface area (Å²) >= 11 is 0. The molecule has 1 heterocycles. The fourth-order valence-corrected chi connectivity index (χ4v) is 3.84. The Kier molecular flexibility index (Phi) is 7.69. The summed E-state index contributed by atoms with van der Waals surface area (Å²) in [5.74, 6) is -1.34. The highest BCUT2D eigenvalue weighted by Gasteiger charge is 2.32. The van der Waals surface area contributed by atoms with Crippen molar-refractivity contribution in [2.75, 3.05) is 26.2 Å². The first kappa shape index (κ1) is 25.0. The van der Waals surface area contributed by atoms with Crippen LogP contribution in [0, 0.1) is 5.92 Å². The SMILES string of the molecule is O=C(O)[C@@H]1CCCN(CCOC(c2ccc(C(F)(F)F)cc2)c2ccc(C(F)(F)F)cc2)C1. The number of hydrogen-bond acceptors (Lipinski definition) is 3. The van der Waals surface area contributed by atoms with Crippen LogP contribution in [0.1, 0.15) is 41.2 Å². The maximum Gasteiger partial charge on any atom is 0.416 e. The highest BCUT2D eigenvalue weighted by atomic mass is 19.4. The van der Waals surface area contributed by atoms with Crippen LogP contribution in [0.5, 0.6) is 0 Å². The lowest BCUT2D eigenvalue weighted by Crippen LogP contribution is -2.40. The van der Waals surface area contributed by atoms with E-state index in [2.05, 4.69) is 0 Å². The zero-order valence-corrected chi connectivity index (χ0v) is 17.5. The first-order valence-corrected chi connectivity index (χ1v) is 10.4. The molecule has 4 nitrogen and oxygen atoms in total. The zero-order valence-electron chi connectivity index (χ0n) is 17.5. The lowest BCUT2D eigenvalue weighted by molar-refractivity contribution is -0.143. The van der Waals surface area contributed by atoms with Crippen LogP contribution in [0.3, 0.4) is 0 Å². The molecule has 1 aliphatic heterocycles. The van der Waals surface area contributed by atoms with Crippen LogP contribution >= 0.6 is 0 Å². The molecule has 1 atom stereocenters. The van der Waals surface area contributed by atoms with Gasteiger partial charge in [0.2, 0.25) is 0 Å². The number of carboxylic acids is 1. The van der Waals surface area contributed by atoms with Crippen LogP contribution in [0.4, 0.5) is 26.3 Å². The summed E-state index contributed by atoms with van der Waals surface area (Å²) in [6.45, 7) is 1.57. The maximum absolute atomic E-state index is 12.9. The summed E-state index contributed by atoms with van der Waals surface area (Å²) in [7, 11) is 0. The largest absolute Gasteiger partial charge is 0.481 e. The van der Waals surface area contributed by atoms with Gasteiger partial charge in [-0.1, -0.05) is 24.3 Å². The van der Waals surface area contributed by atoms with Crippen LogP contribution in [0.2, 0.25) is 0 Å². The quantitative estimate of drug-likeness (QED) is 0.528. The summed E-state index contributed by atoms with van der Waals surface area (Å²) < 4.78 is 83.4. The Balaban J connectivity index is 1.76. The number of carbonyl (C=O) groups is 1. The number of rotatable bonds is 7. The van der Waals surface area contributed by atoms with Crippen LogP contribution in [-0.2, 0) is 21.9 Å². The van der Waals surface area contributed by atoms with Crippen molar-refractivity contribution in [3.63, 3.8) is 0 Å². The minimum absolute atomic E-state index is 0.124. The molecule has 0 aromatic heterocycles. The van der Waals surface area contributed by atoms with E-state index in [9.17, 15) is 36.2 Å². The molecule has 0 aliphatic carbocycles. The van der Waals surface area contributed by atoms with Gasteiger partial charge in [0.15, 0.2) is 0 Å². The van der Waals surface area contributed by atoms with Crippen molar-refractivity contribution >= 4 is 5.97 Å². The second kappa shape index (κ2) is 10.1. The molecule has 10 heteroatoms. The second-order valence-electron chi connectivity index (χ2n) is 7.97. The molecule has 180 valence electrons. The summed E-state index contributed by atoms with van der Waals surface area (Å²) in [5.41, 5.74) is -0.953. The number of hydrogen-bond donors (Lipinski definition) is 1. The molecule has 0 unspecified atom stereocenters. The van der Waals surface area contributed by atoms with E-state index in [4.69, 9.17) is 4.74 Å². The van der Waals surface area contributed by atoms with Gasteiger partial charge in [0.25, 0.3) is 0 Å². The average Bonchev–Trinajstić information content (AvgIpc) is 2.76. The number of nitrogens with zero attached hydrogens (tertiary/aromatic N) is 1. The number of aliphatic carboxylic acids is 1. The number of halogens is 6. The van der Waals surface area contributed by atoms with E-state index in [0.29, 0.717) is 37.2 Å². The third kappa shape index (κ3) is 6.70. The van der Waals surface area contributed by atoms with Gasteiger partial charge in [-0.3, -0.25) is 4.79 Å². The Morgan fingerprint density at radius 2 is 1.42 bits per heavy atom. The predicted octanol–water partition coefficient (Wildman–Crippen LogP) is 5.63. The Morgan fingerprint density at radius 1 is 0.939 bits per heavy atom. The molecule has 0 amide bonds. The molecular weight excluding hydrogens is 452 g/mol. The van der Waals surface area contributed by atoms with E-state index in [0.717, 1.165) is 30.7 Å². The van der Waals surface area contributed by atoms with Gasteiger partial charge in [0, 0.05) is 13.1 Å². The molecule has 0 spiro atoms. The fourth-order valence-electron chi connectivity index (χ4n) is 3.84. The van der Waals surface area contributed by atoms with Crippen molar-refractivity contribution in [1.82, 2.24) is 4.90 Å². The van der Waals surface area contributed by atoms with Crippen molar-refractivity contribution in [2.24, 2.45) is 5.92 Å². The van der Waals surface area contributed by atoms with Crippen LogP contribution in [-0.4, -0.2) is 42.2 Å². The topological polar surface area (TPSA) is 49.8 Å². The number of alkyl halides is 6. The summed E-state index contributed by atoms with van der Waals surface area (Å²) in [5, 5.41) is 9.21. The highest BCUT2D eigenvalue weighted by Crippen LogP contribution is 2.34. The van der Waals surface area contributed by atoms with E-state index >= 15 is 0 Å². The molecule has 33 heavy (non-hydrogen) atoms. The first-order valence-electron chi connectivity index (χ1n) is 10.4. The number of ether oxygens (including phenoxy) is 1. The Labute approximate surface area is 186 Å². The van der Waals surface area contributed by atoms with Gasteiger partial charge in [0.05, 0.1) is 23.7 Å². The van der Waals surface area contributed by atoms with Crippen molar-refractivity contribution in [3.8, 4) is 0 Å². The van der Waals surface area contributed by atoms with Gasteiger partial charge < -0.3 is 14.7 Å². The standard InChI is InChI=1S/C23H23F6NO3/c24-22(25,26)18-7-3-15(4-8-18)20(16-5-9-19(10-6-16)23(27,28)29)33-13-12-30-11-1-2-17(14-30)21(31)32/h3-10,17,20H,1-2,11-14H2,(H,31,32)/t17-/m1/s1. The summed E-state index contributed by atoms with van der Waals surface area (Å²) in [6.07, 6.45) is -8.60. The predicted molar refractivity (Wildman–Crippen MR) is 107 cm³/mol. The van der Waals surface area contributed by atoms with Crippen molar-refractivity contribution in [1.29, 1.82) is 0 Å². The third-order valence-electron chi connectivity index (χ3n) is 5.63.